The van der Waals surface area contributed by atoms with Crippen molar-refractivity contribution in [1.29, 1.82) is 0 Å². The van der Waals surface area contributed by atoms with Crippen LogP contribution < -0.4 is 4.74 Å². The standard InChI is InChI=1S/C23H25F2NO5/c1-23(2,3)31-22(28)26-10-9-15-12-16(6-7-17(15)20(26)21(27)29-4)30-13-14-5-8-18(24)19(25)11-14/h5-8,11-12,20H,9-10,13H2,1-4H3/t20-/m1/s1. The first-order chi connectivity index (χ1) is 14.6. The van der Waals surface area contributed by atoms with E-state index in [0.29, 0.717) is 23.3 Å². The highest BCUT2D eigenvalue weighted by molar-refractivity contribution is 5.84. The molecule has 2 aromatic rings. The zero-order valence-electron chi connectivity index (χ0n) is 17.9. The second-order valence-electron chi connectivity index (χ2n) is 8.25. The second-order valence-corrected chi connectivity index (χ2v) is 8.25. The van der Waals surface area contributed by atoms with Crippen molar-refractivity contribution in [3.05, 3.63) is 64.7 Å². The molecule has 1 aliphatic heterocycles. The Hall–Kier alpha value is -3.16. The third-order valence-corrected chi connectivity index (χ3v) is 4.78. The third-order valence-electron chi connectivity index (χ3n) is 4.78. The van der Waals surface area contributed by atoms with Crippen LogP contribution in [0.3, 0.4) is 0 Å². The van der Waals surface area contributed by atoms with Crippen LogP contribution in [0, 0.1) is 11.6 Å². The molecule has 0 aromatic heterocycles. The van der Waals surface area contributed by atoms with E-state index in [0.717, 1.165) is 17.7 Å². The van der Waals surface area contributed by atoms with E-state index in [1.165, 1.54) is 18.1 Å². The maximum Gasteiger partial charge on any atom is 0.411 e. The normalized spacial score (nSPS) is 15.8. The number of esters is 1. The van der Waals surface area contributed by atoms with Crippen molar-refractivity contribution in [3.63, 3.8) is 0 Å². The predicted molar refractivity (Wildman–Crippen MR) is 109 cm³/mol. The van der Waals surface area contributed by atoms with Crippen molar-refractivity contribution < 1.29 is 32.6 Å². The minimum absolute atomic E-state index is 0.0560. The molecule has 0 saturated carbocycles. The molecular weight excluding hydrogens is 408 g/mol. The highest BCUT2D eigenvalue weighted by Gasteiger charge is 2.39. The van der Waals surface area contributed by atoms with Crippen LogP contribution in [0.5, 0.6) is 5.75 Å². The summed E-state index contributed by atoms with van der Waals surface area (Å²) in [6, 6.07) is 7.79. The Morgan fingerprint density at radius 1 is 1.10 bits per heavy atom. The van der Waals surface area contributed by atoms with E-state index in [2.05, 4.69) is 0 Å². The molecule has 0 bridgehead atoms. The van der Waals surface area contributed by atoms with Gasteiger partial charge in [0.1, 0.15) is 18.0 Å². The summed E-state index contributed by atoms with van der Waals surface area (Å²) in [7, 11) is 1.27. The molecule has 8 heteroatoms. The zero-order chi connectivity index (χ0) is 22.8. The van der Waals surface area contributed by atoms with Crippen LogP contribution in [0.2, 0.25) is 0 Å². The molecule has 1 amide bonds. The number of hydrogen-bond acceptors (Lipinski definition) is 5. The van der Waals surface area contributed by atoms with Crippen molar-refractivity contribution >= 4 is 12.1 Å². The molecule has 31 heavy (non-hydrogen) atoms. The molecule has 0 aliphatic carbocycles. The fraction of sp³-hybridized carbons (Fsp3) is 0.391. The molecule has 1 atom stereocenters. The Morgan fingerprint density at radius 2 is 1.84 bits per heavy atom. The van der Waals surface area contributed by atoms with Gasteiger partial charge in [0, 0.05) is 6.54 Å². The summed E-state index contributed by atoms with van der Waals surface area (Å²) in [6.45, 7) is 5.60. The zero-order valence-corrected chi connectivity index (χ0v) is 17.9. The lowest BCUT2D eigenvalue weighted by molar-refractivity contribution is -0.147. The van der Waals surface area contributed by atoms with Gasteiger partial charge >= 0.3 is 12.1 Å². The lowest BCUT2D eigenvalue weighted by Crippen LogP contribution is -2.46. The highest BCUT2D eigenvalue weighted by atomic mass is 19.2. The van der Waals surface area contributed by atoms with Crippen LogP contribution in [0.1, 0.15) is 43.5 Å². The molecule has 0 spiro atoms. The van der Waals surface area contributed by atoms with Gasteiger partial charge in [0.25, 0.3) is 0 Å². The van der Waals surface area contributed by atoms with Crippen LogP contribution >= 0.6 is 0 Å². The summed E-state index contributed by atoms with van der Waals surface area (Å²) in [6.07, 6.45) is -0.100. The molecule has 6 nitrogen and oxygen atoms in total. The Bertz CT molecular complexity index is 986. The number of methoxy groups -OCH3 is 1. The second kappa shape index (κ2) is 8.91. The number of carbonyl (C=O) groups excluding carboxylic acids is 2. The third kappa shape index (κ3) is 5.31. The maximum absolute atomic E-state index is 13.4. The summed E-state index contributed by atoms with van der Waals surface area (Å²) in [5.74, 6) is -1.91. The van der Waals surface area contributed by atoms with Gasteiger partial charge in [-0.3, -0.25) is 4.90 Å². The lowest BCUT2D eigenvalue weighted by atomic mass is 9.92. The lowest BCUT2D eigenvalue weighted by Gasteiger charge is -2.36. The molecule has 0 unspecified atom stereocenters. The van der Waals surface area contributed by atoms with Crippen molar-refractivity contribution in [1.82, 2.24) is 4.90 Å². The van der Waals surface area contributed by atoms with Gasteiger partial charge in [0.2, 0.25) is 0 Å². The van der Waals surface area contributed by atoms with Gasteiger partial charge in [-0.05, 0) is 68.1 Å². The summed E-state index contributed by atoms with van der Waals surface area (Å²) < 4.78 is 42.5. The van der Waals surface area contributed by atoms with E-state index in [1.54, 1.807) is 39.0 Å². The van der Waals surface area contributed by atoms with Gasteiger partial charge in [0.15, 0.2) is 17.7 Å². The van der Waals surface area contributed by atoms with E-state index in [1.807, 2.05) is 0 Å². The molecule has 0 saturated heterocycles. The van der Waals surface area contributed by atoms with Crippen molar-refractivity contribution in [2.45, 2.75) is 45.4 Å². The van der Waals surface area contributed by atoms with Gasteiger partial charge in [-0.15, -0.1) is 0 Å². The number of fused-ring (bicyclic) bond motifs is 1. The van der Waals surface area contributed by atoms with E-state index in [9.17, 15) is 18.4 Å². The minimum Gasteiger partial charge on any atom is -0.489 e. The summed E-state index contributed by atoms with van der Waals surface area (Å²) >= 11 is 0. The number of halogens is 2. The Labute approximate surface area is 179 Å². The molecular formula is C23H25F2NO5. The average molecular weight is 433 g/mol. The van der Waals surface area contributed by atoms with E-state index in [-0.39, 0.29) is 13.2 Å². The van der Waals surface area contributed by atoms with Gasteiger partial charge in [0.05, 0.1) is 7.11 Å². The molecule has 0 fully saturated rings. The summed E-state index contributed by atoms with van der Waals surface area (Å²) in [5, 5.41) is 0. The maximum atomic E-state index is 13.4. The molecule has 0 radical (unpaired) electrons. The Kier molecular flexibility index (Phi) is 6.48. The number of ether oxygens (including phenoxy) is 3. The largest absolute Gasteiger partial charge is 0.489 e. The smallest absolute Gasteiger partial charge is 0.411 e. The summed E-state index contributed by atoms with van der Waals surface area (Å²) in [4.78, 5) is 26.5. The van der Waals surface area contributed by atoms with Crippen LogP contribution in [0.25, 0.3) is 0 Å². The first-order valence-electron chi connectivity index (χ1n) is 9.86. The van der Waals surface area contributed by atoms with Crippen molar-refractivity contribution in [2.75, 3.05) is 13.7 Å². The molecule has 1 aliphatic rings. The average Bonchev–Trinajstić information content (AvgIpc) is 2.71. The van der Waals surface area contributed by atoms with Gasteiger partial charge in [-0.25, -0.2) is 18.4 Å². The van der Waals surface area contributed by atoms with Gasteiger partial charge in [-0.1, -0.05) is 12.1 Å². The fourth-order valence-electron chi connectivity index (χ4n) is 3.37. The van der Waals surface area contributed by atoms with E-state index >= 15 is 0 Å². The van der Waals surface area contributed by atoms with Crippen LogP contribution in [0.15, 0.2) is 36.4 Å². The van der Waals surface area contributed by atoms with Crippen molar-refractivity contribution in [2.24, 2.45) is 0 Å². The van der Waals surface area contributed by atoms with Gasteiger partial charge < -0.3 is 14.2 Å². The molecule has 166 valence electrons. The molecule has 2 aromatic carbocycles. The van der Waals surface area contributed by atoms with E-state index < -0.39 is 35.3 Å². The molecule has 0 N–H and O–H groups in total. The van der Waals surface area contributed by atoms with Crippen LogP contribution in [-0.4, -0.2) is 36.2 Å². The monoisotopic (exact) mass is 433 g/mol. The molecule has 3 rings (SSSR count). The number of carbonyl (C=O) groups is 2. The SMILES string of the molecule is COC(=O)[C@H]1c2ccc(OCc3ccc(F)c(F)c3)cc2CCN1C(=O)OC(C)(C)C. The van der Waals surface area contributed by atoms with E-state index in [4.69, 9.17) is 14.2 Å². The van der Waals surface area contributed by atoms with Gasteiger partial charge in [-0.2, -0.15) is 0 Å². The Morgan fingerprint density at radius 3 is 2.48 bits per heavy atom. The quantitative estimate of drug-likeness (QED) is 0.662. The van der Waals surface area contributed by atoms with Crippen LogP contribution in [0.4, 0.5) is 13.6 Å². The first kappa shape index (κ1) is 22.5. The fourth-order valence-corrected chi connectivity index (χ4v) is 3.37. The topological polar surface area (TPSA) is 65.1 Å². The number of amides is 1. The molecule has 1 heterocycles. The number of nitrogens with zero attached hydrogens (tertiary/aromatic N) is 1. The predicted octanol–water partition coefficient (Wildman–Crippen LogP) is 4.55. The van der Waals surface area contributed by atoms with Crippen LogP contribution in [-0.2, 0) is 27.3 Å². The number of hydrogen-bond donors (Lipinski definition) is 0. The highest BCUT2D eigenvalue weighted by Crippen LogP contribution is 2.34. The number of benzene rings is 2. The first-order valence-corrected chi connectivity index (χ1v) is 9.86. The Balaban J connectivity index is 1.81. The number of rotatable bonds is 4. The minimum atomic E-state index is -0.935. The summed E-state index contributed by atoms with van der Waals surface area (Å²) in [5.41, 5.74) is 1.25. The van der Waals surface area contributed by atoms with Crippen molar-refractivity contribution in [3.8, 4) is 5.75 Å².